The van der Waals surface area contributed by atoms with Gasteiger partial charge in [-0.15, -0.1) is 0 Å². The predicted octanol–water partition coefficient (Wildman–Crippen LogP) is 0.212. The molecule has 8 nitrogen and oxygen atoms in total. The quantitative estimate of drug-likeness (QED) is 0.242. The predicted molar refractivity (Wildman–Crippen MR) is 96.1 cm³/mol. The topological polar surface area (TPSA) is 89.1 Å². The Morgan fingerprint density at radius 2 is 1.83 bits per heavy atom. The van der Waals surface area contributed by atoms with Crippen molar-refractivity contribution in [3.05, 3.63) is 0 Å². The number of hydrogen-bond donors (Lipinski definition) is 3. The van der Waals surface area contributed by atoms with Gasteiger partial charge in [0.05, 0.1) is 6.54 Å². The third-order valence-corrected chi connectivity index (χ3v) is 4.00. The lowest BCUT2D eigenvalue weighted by Gasteiger charge is -2.30. The fraction of sp³-hybridized carbons (Fsp3) is 0.812. The third kappa shape index (κ3) is 6.35. The first kappa shape index (κ1) is 20.2. The van der Waals surface area contributed by atoms with Gasteiger partial charge in [-0.05, 0) is 34.1 Å². The van der Waals surface area contributed by atoms with Crippen LogP contribution in [0.1, 0.15) is 34.1 Å². The number of guanidine groups is 1. The van der Waals surface area contributed by atoms with Crippen molar-refractivity contribution in [3.63, 3.8) is 0 Å². The number of nitrogens with zero attached hydrogens (tertiary/aromatic N) is 3. The first-order valence-corrected chi connectivity index (χ1v) is 8.65. The smallest absolute Gasteiger partial charge is 0.324 e. The van der Waals surface area contributed by atoms with Gasteiger partial charge in [-0.1, -0.05) is 0 Å². The minimum Gasteiger partial charge on any atom is -0.356 e. The third-order valence-electron chi connectivity index (χ3n) is 4.00. The van der Waals surface area contributed by atoms with Gasteiger partial charge in [0.2, 0.25) is 5.91 Å². The molecule has 0 aromatic carbocycles. The van der Waals surface area contributed by atoms with E-state index in [2.05, 4.69) is 53.5 Å². The van der Waals surface area contributed by atoms with Crippen molar-refractivity contribution in [1.82, 2.24) is 25.8 Å². The number of imide groups is 1. The van der Waals surface area contributed by atoms with Crippen molar-refractivity contribution < 1.29 is 9.59 Å². The van der Waals surface area contributed by atoms with E-state index < -0.39 is 0 Å². The van der Waals surface area contributed by atoms with Crippen molar-refractivity contribution in [3.8, 4) is 0 Å². The number of amides is 3. The Balaban J connectivity index is 2.23. The Morgan fingerprint density at radius 1 is 1.21 bits per heavy atom. The van der Waals surface area contributed by atoms with Crippen LogP contribution in [0, 0.1) is 0 Å². The van der Waals surface area contributed by atoms with E-state index in [-0.39, 0.29) is 18.5 Å². The lowest BCUT2D eigenvalue weighted by molar-refractivity contribution is -0.124. The van der Waals surface area contributed by atoms with Gasteiger partial charge in [0, 0.05) is 45.3 Å². The molecule has 0 aromatic heterocycles. The van der Waals surface area contributed by atoms with E-state index >= 15 is 0 Å². The second-order valence-corrected chi connectivity index (χ2v) is 6.41. The van der Waals surface area contributed by atoms with Crippen LogP contribution in [-0.4, -0.2) is 79.6 Å². The molecule has 1 aliphatic rings. The Bertz CT molecular complexity index is 426. The van der Waals surface area contributed by atoms with E-state index in [1.807, 2.05) is 0 Å². The minimum absolute atomic E-state index is 0.0913. The molecule has 1 saturated heterocycles. The molecule has 24 heavy (non-hydrogen) atoms. The zero-order valence-electron chi connectivity index (χ0n) is 15.6. The largest absolute Gasteiger partial charge is 0.356 e. The second-order valence-electron chi connectivity index (χ2n) is 6.41. The molecule has 8 heteroatoms. The number of carbonyl (C=O) groups excluding carboxylic acids is 2. The van der Waals surface area contributed by atoms with Gasteiger partial charge in [-0.25, -0.2) is 4.79 Å². The highest BCUT2D eigenvalue weighted by molar-refractivity contribution is 6.01. The molecule has 0 spiro atoms. The SMILES string of the molecule is CN=C(NCCCN(C(C)C)C(C)C)NCCN1C(=O)CNC1=O. The monoisotopic (exact) mass is 340 g/mol. The van der Waals surface area contributed by atoms with Crippen LogP contribution in [0.25, 0.3) is 0 Å². The molecular formula is C16H32N6O2. The summed E-state index contributed by atoms with van der Waals surface area (Å²) in [7, 11) is 1.71. The zero-order valence-corrected chi connectivity index (χ0v) is 15.6. The molecule has 1 aliphatic heterocycles. The van der Waals surface area contributed by atoms with Gasteiger partial charge < -0.3 is 16.0 Å². The normalized spacial score (nSPS) is 15.7. The van der Waals surface area contributed by atoms with E-state index in [0.717, 1.165) is 19.5 Å². The summed E-state index contributed by atoms with van der Waals surface area (Å²) < 4.78 is 0. The van der Waals surface area contributed by atoms with Crippen LogP contribution in [-0.2, 0) is 4.79 Å². The summed E-state index contributed by atoms with van der Waals surface area (Å²) in [5.74, 6) is 0.495. The fourth-order valence-corrected chi connectivity index (χ4v) is 2.77. The highest BCUT2D eigenvalue weighted by Crippen LogP contribution is 2.05. The highest BCUT2D eigenvalue weighted by Gasteiger charge is 2.27. The van der Waals surface area contributed by atoms with E-state index in [1.165, 1.54) is 4.90 Å². The first-order valence-electron chi connectivity index (χ1n) is 8.65. The molecule has 0 unspecified atom stereocenters. The molecule has 138 valence electrons. The summed E-state index contributed by atoms with van der Waals surface area (Å²) in [5, 5.41) is 8.88. The van der Waals surface area contributed by atoms with Crippen molar-refractivity contribution >= 4 is 17.9 Å². The summed E-state index contributed by atoms with van der Waals surface area (Å²) in [6.45, 7) is 11.6. The second kappa shape index (κ2) is 10.1. The van der Waals surface area contributed by atoms with Crippen LogP contribution in [0.4, 0.5) is 4.79 Å². The number of aliphatic imine (C=N–C) groups is 1. The molecule has 0 radical (unpaired) electrons. The number of urea groups is 1. The van der Waals surface area contributed by atoms with Crippen molar-refractivity contribution in [2.45, 2.75) is 46.2 Å². The maximum absolute atomic E-state index is 11.5. The average molecular weight is 340 g/mol. The molecule has 1 fully saturated rings. The standard InChI is InChI=1S/C16H32N6O2/c1-12(2)21(13(3)4)9-6-7-18-15(17-5)19-8-10-22-14(23)11-20-16(22)24/h12-13H,6-11H2,1-5H3,(H,20,24)(H2,17,18,19). The summed E-state index contributed by atoms with van der Waals surface area (Å²) in [4.78, 5) is 30.7. The van der Waals surface area contributed by atoms with E-state index in [0.29, 0.717) is 31.1 Å². The van der Waals surface area contributed by atoms with Crippen LogP contribution < -0.4 is 16.0 Å². The van der Waals surface area contributed by atoms with Crippen LogP contribution in [0.2, 0.25) is 0 Å². The summed E-state index contributed by atoms with van der Waals surface area (Å²) >= 11 is 0. The van der Waals surface area contributed by atoms with E-state index in [4.69, 9.17) is 0 Å². The van der Waals surface area contributed by atoms with Crippen LogP contribution in [0.3, 0.4) is 0 Å². The van der Waals surface area contributed by atoms with Crippen molar-refractivity contribution in [2.24, 2.45) is 4.99 Å². The van der Waals surface area contributed by atoms with E-state index in [9.17, 15) is 9.59 Å². The molecule has 0 atom stereocenters. The molecule has 0 bridgehead atoms. The van der Waals surface area contributed by atoms with Crippen LogP contribution in [0.15, 0.2) is 4.99 Å². The van der Waals surface area contributed by atoms with Crippen LogP contribution >= 0.6 is 0 Å². The number of carbonyl (C=O) groups is 2. The first-order chi connectivity index (χ1) is 11.4. The molecule has 3 N–H and O–H groups in total. The maximum atomic E-state index is 11.5. The van der Waals surface area contributed by atoms with E-state index in [1.54, 1.807) is 7.05 Å². The van der Waals surface area contributed by atoms with Crippen molar-refractivity contribution in [2.75, 3.05) is 39.8 Å². The molecule has 1 heterocycles. The van der Waals surface area contributed by atoms with Gasteiger partial charge >= 0.3 is 6.03 Å². The highest BCUT2D eigenvalue weighted by atomic mass is 16.2. The Labute approximate surface area is 145 Å². The molecule has 0 aromatic rings. The maximum Gasteiger partial charge on any atom is 0.324 e. The number of nitrogens with one attached hydrogen (secondary N) is 3. The summed E-state index contributed by atoms with van der Waals surface area (Å²) in [5.41, 5.74) is 0. The Morgan fingerprint density at radius 3 is 2.33 bits per heavy atom. The van der Waals surface area contributed by atoms with Gasteiger partial charge in [0.1, 0.15) is 0 Å². The zero-order chi connectivity index (χ0) is 18.1. The summed E-state index contributed by atoms with van der Waals surface area (Å²) in [6, 6.07) is 0.741. The lowest BCUT2D eigenvalue weighted by atomic mass is 10.2. The van der Waals surface area contributed by atoms with Gasteiger partial charge in [0.25, 0.3) is 0 Å². The van der Waals surface area contributed by atoms with Gasteiger partial charge in [0.15, 0.2) is 5.96 Å². The molecule has 3 amide bonds. The molecule has 0 saturated carbocycles. The van der Waals surface area contributed by atoms with Gasteiger partial charge in [-0.3, -0.25) is 19.6 Å². The van der Waals surface area contributed by atoms with Crippen LogP contribution in [0.5, 0.6) is 0 Å². The lowest BCUT2D eigenvalue weighted by Crippen LogP contribution is -2.44. The Hall–Kier alpha value is -1.83. The molecular weight excluding hydrogens is 308 g/mol. The summed E-state index contributed by atoms with van der Waals surface area (Å²) in [6.07, 6.45) is 1.02. The Kier molecular flexibility index (Phi) is 8.53. The number of rotatable bonds is 9. The fourth-order valence-electron chi connectivity index (χ4n) is 2.77. The minimum atomic E-state index is -0.327. The molecule has 0 aliphatic carbocycles. The number of hydrogen-bond acceptors (Lipinski definition) is 4. The average Bonchev–Trinajstić information content (AvgIpc) is 2.83. The van der Waals surface area contributed by atoms with Gasteiger partial charge in [-0.2, -0.15) is 0 Å². The van der Waals surface area contributed by atoms with Crippen molar-refractivity contribution in [1.29, 1.82) is 0 Å². The molecule has 1 rings (SSSR count).